The Morgan fingerprint density at radius 2 is 2.39 bits per heavy atom. The monoisotopic (exact) mass is 266 g/mol. The zero-order valence-electron chi connectivity index (χ0n) is 10.2. The quantitative estimate of drug-likeness (QED) is 0.860. The van der Waals surface area contributed by atoms with Crippen LogP contribution in [-0.4, -0.2) is 31.3 Å². The molecule has 0 aliphatic heterocycles. The number of H-pyrrole nitrogens is 1. The SMILES string of the molecule is CCC[C@H](C)c1nnc(NC(=O)c2ncn[nH]2)s1. The van der Waals surface area contributed by atoms with Gasteiger partial charge in [-0.2, -0.15) is 5.10 Å². The summed E-state index contributed by atoms with van der Waals surface area (Å²) in [5.74, 6) is 0.162. The minimum Gasteiger partial charge on any atom is -0.294 e. The standard InChI is InChI=1S/C10H14N6OS/c1-3-4-6(2)9-15-16-10(18-9)13-8(17)7-11-5-12-14-7/h5-6H,3-4H2,1-2H3,(H,11,12,14)(H,13,16,17)/t6-/m0/s1. The maximum Gasteiger partial charge on any atom is 0.294 e. The minimum absolute atomic E-state index is 0.161. The van der Waals surface area contributed by atoms with Crippen LogP contribution >= 0.6 is 11.3 Å². The predicted octanol–water partition coefficient (Wildman–Crippen LogP) is 1.81. The maximum absolute atomic E-state index is 11.7. The minimum atomic E-state index is -0.363. The number of aromatic amines is 1. The number of carbonyl (C=O) groups is 1. The van der Waals surface area contributed by atoms with E-state index < -0.39 is 0 Å². The molecule has 96 valence electrons. The maximum atomic E-state index is 11.7. The van der Waals surface area contributed by atoms with Crippen molar-refractivity contribution >= 4 is 22.4 Å². The van der Waals surface area contributed by atoms with E-state index in [1.807, 2.05) is 0 Å². The number of carbonyl (C=O) groups excluding carboxylic acids is 1. The lowest BCUT2D eigenvalue weighted by Crippen LogP contribution is -2.13. The summed E-state index contributed by atoms with van der Waals surface area (Å²) in [6, 6.07) is 0. The first-order valence-corrected chi connectivity index (χ1v) is 6.52. The van der Waals surface area contributed by atoms with Crippen LogP contribution in [0.1, 0.15) is 48.2 Å². The van der Waals surface area contributed by atoms with Gasteiger partial charge in [0.15, 0.2) is 0 Å². The first-order valence-electron chi connectivity index (χ1n) is 5.70. The molecule has 0 fully saturated rings. The third-order valence-electron chi connectivity index (χ3n) is 2.43. The van der Waals surface area contributed by atoms with Crippen LogP contribution in [0.2, 0.25) is 0 Å². The zero-order valence-corrected chi connectivity index (χ0v) is 11.0. The van der Waals surface area contributed by atoms with Gasteiger partial charge < -0.3 is 0 Å². The molecular weight excluding hydrogens is 252 g/mol. The predicted molar refractivity (Wildman–Crippen MR) is 67.6 cm³/mol. The molecule has 0 radical (unpaired) electrons. The molecule has 0 aliphatic rings. The average molecular weight is 266 g/mol. The Balaban J connectivity index is 2.00. The summed E-state index contributed by atoms with van der Waals surface area (Å²) in [6.07, 6.45) is 3.44. The highest BCUT2D eigenvalue weighted by Crippen LogP contribution is 2.26. The van der Waals surface area contributed by atoms with Crippen molar-refractivity contribution in [2.75, 3.05) is 5.32 Å². The van der Waals surface area contributed by atoms with Crippen LogP contribution in [-0.2, 0) is 0 Å². The van der Waals surface area contributed by atoms with Gasteiger partial charge in [0, 0.05) is 5.92 Å². The summed E-state index contributed by atoms with van der Waals surface area (Å²) < 4.78 is 0. The fourth-order valence-corrected chi connectivity index (χ4v) is 2.34. The summed E-state index contributed by atoms with van der Waals surface area (Å²) in [5, 5.41) is 18.2. The van der Waals surface area contributed by atoms with E-state index in [4.69, 9.17) is 0 Å². The molecular formula is C10H14N6OS. The van der Waals surface area contributed by atoms with E-state index in [1.165, 1.54) is 17.7 Å². The molecule has 0 unspecified atom stereocenters. The van der Waals surface area contributed by atoms with Gasteiger partial charge in [0.05, 0.1) is 0 Å². The molecule has 1 atom stereocenters. The van der Waals surface area contributed by atoms with Crippen LogP contribution in [0.15, 0.2) is 6.33 Å². The highest BCUT2D eigenvalue weighted by atomic mass is 32.1. The fraction of sp³-hybridized carbons (Fsp3) is 0.500. The molecule has 2 rings (SSSR count). The van der Waals surface area contributed by atoms with Gasteiger partial charge in [-0.05, 0) is 6.42 Å². The number of hydrogen-bond donors (Lipinski definition) is 2. The molecule has 0 aromatic carbocycles. The van der Waals surface area contributed by atoms with E-state index in [2.05, 4.69) is 44.5 Å². The highest BCUT2D eigenvalue weighted by molar-refractivity contribution is 7.15. The second kappa shape index (κ2) is 5.67. The van der Waals surface area contributed by atoms with E-state index >= 15 is 0 Å². The summed E-state index contributed by atoms with van der Waals surface area (Å²) in [5.41, 5.74) is 0. The second-order valence-electron chi connectivity index (χ2n) is 3.92. The molecule has 0 aliphatic carbocycles. The van der Waals surface area contributed by atoms with E-state index in [1.54, 1.807) is 0 Å². The normalized spacial score (nSPS) is 12.3. The number of hydrogen-bond acceptors (Lipinski definition) is 6. The second-order valence-corrected chi connectivity index (χ2v) is 4.93. The van der Waals surface area contributed by atoms with Crippen LogP contribution in [0.5, 0.6) is 0 Å². The number of amides is 1. The molecule has 2 N–H and O–H groups in total. The molecule has 2 aromatic rings. The molecule has 0 spiro atoms. The third-order valence-corrected chi connectivity index (χ3v) is 3.50. The van der Waals surface area contributed by atoms with Crippen LogP contribution in [0.25, 0.3) is 0 Å². The molecule has 0 saturated heterocycles. The van der Waals surface area contributed by atoms with Crippen molar-refractivity contribution in [2.45, 2.75) is 32.6 Å². The van der Waals surface area contributed by atoms with Crippen LogP contribution in [0.3, 0.4) is 0 Å². The summed E-state index contributed by atoms with van der Waals surface area (Å²) >= 11 is 1.39. The Kier molecular flexibility index (Phi) is 3.98. The number of aromatic nitrogens is 5. The molecule has 8 heteroatoms. The van der Waals surface area contributed by atoms with Crippen LogP contribution in [0.4, 0.5) is 5.13 Å². The first-order chi connectivity index (χ1) is 8.70. The Bertz CT molecular complexity index is 508. The molecule has 1 amide bonds. The van der Waals surface area contributed by atoms with Crippen molar-refractivity contribution in [3.63, 3.8) is 0 Å². The van der Waals surface area contributed by atoms with E-state index in [0.717, 1.165) is 17.8 Å². The average Bonchev–Trinajstić information content (AvgIpc) is 2.99. The van der Waals surface area contributed by atoms with Gasteiger partial charge in [0.2, 0.25) is 11.0 Å². The topological polar surface area (TPSA) is 96.5 Å². The molecule has 2 heterocycles. The van der Waals surface area contributed by atoms with Crippen LogP contribution < -0.4 is 5.32 Å². The first kappa shape index (κ1) is 12.6. The molecule has 7 nitrogen and oxygen atoms in total. The summed E-state index contributed by atoms with van der Waals surface area (Å²) in [4.78, 5) is 15.4. The molecule has 0 saturated carbocycles. The zero-order chi connectivity index (χ0) is 13.0. The Hall–Kier alpha value is -1.83. The molecule has 0 bridgehead atoms. The van der Waals surface area contributed by atoms with Crippen molar-refractivity contribution < 1.29 is 4.79 Å². The van der Waals surface area contributed by atoms with Gasteiger partial charge in [0.25, 0.3) is 5.91 Å². The lowest BCUT2D eigenvalue weighted by molar-refractivity contribution is 0.101. The molecule has 18 heavy (non-hydrogen) atoms. The van der Waals surface area contributed by atoms with Crippen molar-refractivity contribution in [3.05, 3.63) is 17.2 Å². The van der Waals surface area contributed by atoms with Gasteiger partial charge in [-0.1, -0.05) is 31.6 Å². The van der Waals surface area contributed by atoms with Crippen molar-refractivity contribution in [1.29, 1.82) is 0 Å². The van der Waals surface area contributed by atoms with Crippen molar-refractivity contribution in [2.24, 2.45) is 0 Å². The Labute approximate surface area is 108 Å². The Morgan fingerprint density at radius 1 is 1.56 bits per heavy atom. The van der Waals surface area contributed by atoms with Gasteiger partial charge in [-0.3, -0.25) is 15.2 Å². The van der Waals surface area contributed by atoms with E-state index in [9.17, 15) is 4.79 Å². The summed E-state index contributed by atoms with van der Waals surface area (Å²) in [7, 11) is 0. The number of anilines is 1. The summed E-state index contributed by atoms with van der Waals surface area (Å²) in [6.45, 7) is 4.23. The van der Waals surface area contributed by atoms with E-state index in [-0.39, 0.29) is 11.7 Å². The third kappa shape index (κ3) is 2.89. The number of rotatable bonds is 5. The Morgan fingerprint density at radius 3 is 3.06 bits per heavy atom. The number of nitrogens with one attached hydrogen (secondary N) is 2. The lowest BCUT2D eigenvalue weighted by Gasteiger charge is -2.03. The van der Waals surface area contributed by atoms with Gasteiger partial charge in [0.1, 0.15) is 11.3 Å². The fourth-order valence-electron chi connectivity index (χ4n) is 1.51. The number of nitrogens with zero attached hydrogens (tertiary/aromatic N) is 4. The van der Waals surface area contributed by atoms with Gasteiger partial charge in [-0.15, -0.1) is 10.2 Å². The van der Waals surface area contributed by atoms with Gasteiger partial charge in [-0.25, -0.2) is 4.98 Å². The van der Waals surface area contributed by atoms with Gasteiger partial charge >= 0.3 is 0 Å². The van der Waals surface area contributed by atoms with Crippen LogP contribution in [0, 0.1) is 0 Å². The highest BCUT2D eigenvalue weighted by Gasteiger charge is 2.15. The smallest absolute Gasteiger partial charge is 0.294 e. The molecule has 2 aromatic heterocycles. The van der Waals surface area contributed by atoms with E-state index in [0.29, 0.717) is 11.0 Å². The largest absolute Gasteiger partial charge is 0.294 e. The lowest BCUT2D eigenvalue weighted by atomic mass is 10.1. The van der Waals surface area contributed by atoms with Crippen molar-refractivity contribution in [1.82, 2.24) is 25.4 Å². The van der Waals surface area contributed by atoms with Crippen molar-refractivity contribution in [3.8, 4) is 0 Å².